The minimum absolute atomic E-state index is 1.01. The third-order valence-electron chi connectivity index (χ3n) is 2.07. The van der Waals surface area contributed by atoms with Gasteiger partial charge in [0.25, 0.3) is 0 Å². The molecule has 2 heteroatoms. The molecular formula is C12H11OSb. The van der Waals surface area contributed by atoms with Gasteiger partial charge in [-0.25, -0.2) is 0 Å². The van der Waals surface area contributed by atoms with Crippen LogP contribution in [0.4, 0.5) is 0 Å². The van der Waals surface area contributed by atoms with Crippen LogP contribution < -0.4 is 7.02 Å². The molecule has 1 nitrogen and oxygen atoms in total. The van der Waals surface area contributed by atoms with Crippen LogP contribution in [0.5, 0.6) is 0 Å². The molecule has 0 amide bonds. The molecule has 0 aromatic heterocycles. The van der Waals surface area contributed by atoms with Gasteiger partial charge in [0.05, 0.1) is 0 Å². The van der Waals surface area contributed by atoms with Crippen LogP contribution in [0.15, 0.2) is 60.7 Å². The predicted molar refractivity (Wildman–Crippen MR) is 60.0 cm³/mol. The zero-order valence-corrected chi connectivity index (χ0v) is 10.5. The molecule has 0 bridgehead atoms. The Labute approximate surface area is 90.7 Å². The first-order valence-corrected chi connectivity index (χ1v) is 8.54. The molecule has 2 rings (SSSR count). The topological polar surface area (TPSA) is 17.1 Å². The molecule has 14 heavy (non-hydrogen) atoms. The summed E-state index contributed by atoms with van der Waals surface area (Å²) in [5.74, 6) is 0. The molecule has 0 heterocycles. The van der Waals surface area contributed by atoms with Crippen molar-refractivity contribution in [2.45, 2.75) is 0 Å². The first-order valence-electron chi connectivity index (χ1n) is 4.53. The van der Waals surface area contributed by atoms with E-state index in [1.54, 1.807) is 0 Å². The summed E-state index contributed by atoms with van der Waals surface area (Å²) in [6.45, 7) is 0. The molecule has 0 atom stereocenters. The Morgan fingerprint density at radius 1 is 0.643 bits per heavy atom. The molecule has 0 radical (unpaired) electrons. The monoisotopic (exact) mass is 292 g/mol. The van der Waals surface area contributed by atoms with Crippen molar-refractivity contribution in [3.63, 3.8) is 0 Å². The van der Waals surface area contributed by atoms with Crippen molar-refractivity contribution in [2.24, 2.45) is 0 Å². The second-order valence-electron chi connectivity index (χ2n) is 3.06. The summed E-state index contributed by atoms with van der Waals surface area (Å²) in [5, 5.41) is 0. The van der Waals surface area contributed by atoms with Gasteiger partial charge in [-0.2, -0.15) is 0 Å². The van der Waals surface area contributed by atoms with Crippen LogP contribution in [0.25, 0.3) is 0 Å². The molecule has 2 aromatic carbocycles. The fraction of sp³-hybridized carbons (Fsp3) is 0. The molecule has 0 N–H and O–H groups in total. The molecule has 70 valence electrons. The Balaban J connectivity index is 2.35. The molecule has 0 saturated carbocycles. The van der Waals surface area contributed by atoms with Crippen molar-refractivity contribution in [3.8, 4) is 0 Å². The van der Waals surface area contributed by atoms with Crippen molar-refractivity contribution < 1.29 is 3.02 Å². The Hall–Kier alpha value is -0.942. The average Bonchev–Trinajstić information content (AvgIpc) is 2.30. The van der Waals surface area contributed by atoms with E-state index in [9.17, 15) is 3.02 Å². The van der Waals surface area contributed by atoms with Gasteiger partial charge in [0.15, 0.2) is 0 Å². The van der Waals surface area contributed by atoms with Crippen molar-refractivity contribution in [1.82, 2.24) is 0 Å². The second-order valence-corrected chi connectivity index (χ2v) is 8.24. The van der Waals surface area contributed by atoms with E-state index in [1.165, 1.54) is 0 Å². The third-order valence-corrected chi connectivity index (χ3v) is 6.97. The maximum atomic E-state index is 12.1. The van der Waals surface area contributed by atoms with Crippen molar-refractivity contribution in [1.29, 1.82) is 0 Å². The molecule has 0 aliphatic carbocycles. The first kappa shape index (κ1) is 9.61. The van der Waals surface area contributed by atoms with Gasteiger partial charge in [0, 0.05) is 0 Å². The molecule has 0 saturated heterocycles. The summed E-state index contributed by atoms with van der Waals surface area (Å²) < 4.78 is 14.2. The van der Waals surface area contributed by atoms with Gasteiger partial charge in [-0.3, -0.25) is 0 Å². The summed E-state index contributed by atoms with van der Waals surface area (Å²) in [6.07, 6.45) is 0. The SMILES string of the molecule is [O]=[SbH]([c]1ccccc1)[c]1ccccc1. The quantitative estimate of drug-likeness (QED) is 0.754. The van der Waals surface area contributed by atoms with Gasteiger partial charge in [0.1, 0.15) is 0 Å². The second kappa shape index (κ2) is 4.52. The molecule has 0 spiro atoms. The van der Waals surface area contributed by atoms with E-state index < -0.39 is 20.2 Å². The van der Waals surface area contributed by atoms with Crippen LogP contribution in [0.1, 0.15) is 0 Å². The van der Waals surface area contributed by atoms with E-state index in [1.807, 2.05) is 60.7 Å². The van der Waals surface area contributed by atoms with Gasteiger partial charge in [-0.15, -0.1) is 0 Å². The van der Waals surface area contributed by atoms with Gasteiger partial charge in [0.2, 0.25) is 0 Å². The van der Waals surface area contributed by atoms with Gasteiger partial charge < -0.3 is 0 Å². The average molecular weight is 293 g/mol. The van der Waals surface area contributed by atoms with E-state index >= 15 is 0 Å². The van der Waals surface area contributed by atoms with Crippen molar-refractivity contribution >= 4 is 27.2 Å². The summed E-state index contributed by atoms with van der Waals surface area (Å²) in [5.41, 5.74) is 0. The van der Waals surface area contributed by atoms with E-state index in [4.69, 9.17) is 0 Å². The van der Waals surface area contributed by atoms with Crippen LogP contribution in [0, 0.1) is 0 Å². The summed E-state index contributed by atoms with van der Waals surface area (Å²) in [7, 11) is 0. The first-order chi connectivity index (χ1) is 6.88. The summed E-state index contributed by atoms with van der Waals surface area (Å²) in [4.78, 5) is 0. The standard InChI is InChI=1S/2C6H5.O.Sb.H/c2*1-2-4-6-5-3-1;;;/h2*1-5H;;;. The Bertz CT molecular complexity index is 381. The Kier molecular flexibility index (Phi) is 3.10. The minimum atomic E-state index is -2.75. The number of benzene rings is 2. The fourth-order valence-corrected chi connectivity index (χ4v) is 5.12. The number of hydrogen-bond donors (Lipinski definition) is 0. The number of rotatable bonds is 2. The maximum absolute atomic E-state index is 12.1. The predicted octanol–water partition coefficient (Wildman–Crippen LogP) is 0.955. The fourth-order valence-electron chi connectivity index (χ4n) is 1.35. The third kappa shape index (κ3) is 2.10. The van der Waals surface area contributed by atoms with Gasteiger partial charge in [-0.1, -0.05) is 0 Å². The zero-order chi connectivity index (χ0) is 9.80. The van der Waals surface area contributed by atoms with E-state index in [2.05, 4.69) is 0 Å². The summed E-state index contributed by atoms with van der Waals surface area (Å²) >= 11 is -2.75. The Morgan fingerprint density at radius 3 is 1.36 bits per heavy atom. The molecule has 0 aliphatic rings. The zero-order valence-electron chi connectivity index (χ0n) is 7.68. The van der Waals surface area contributed by atoms with E-state index in [0.29, 0.717) is 0 Å². The van der Waals surface area contributed by atoms with Crippen LogP contribution >= 0.6 is 0 Å². The molecule has 0 aliphatic heterocycles. The number of hydrogen-bond acceptors (Lipinski definition) is 1. The van der Waals surface area contributed by atoms with Crippen LogP contribution in [-0.2, 0) is 3.02 Å². The van der Waals surface area contributed by atoms with Crippen LogP contribution in [-0.4, -0.2) is 20.2 Å². The molecule has 2 aromatic rings. The van der Waals surface area contributed by atoms with Crippen molar-refractivity contribution in [3.05, 3.63) is 60.7 Å². The molecule has 0 unspecified atom stereocenters. The van der Waals surface area contributed by atoms with Gasteiger partial charge >= 0.3 is 90.9 Å². The van der Waals surface area contributed by atoms with Crippen LogP contribution in [0.2, 0.25) is 0 Å². The normalized spacial score (nSPS) is 10.4. The van der Waals surface area contributed by atoms with Gasteiger partial charge in [-0.05, 0) is 0 Å². The van der Waals surface area contributed by atoms with Crippen LogP contribution in [0.3, 0.4) is 0 Å². The summed E-state index contributed by atoms with van der Waals surface area (Å²) in [6, 6.07) is 19.5. The van der Waals surface area contributed by atoms with E-state index in [-0.39, 0.29) is 0 Å². The van der Waals surface area contributed by atoms with E-state index in [0.717, 1.165) is 7.02 Å². The molecular weight excluding hydrogens is 282 g/mol. The molecule has 0 fully saturated rings. The van der Waals surface area contributed by atoms with Crippen molar-refractivity contribution in [2.75, 3.05) is 0 Å². The Morgan fingerprint density at radius 2 is 1.00 bits per heavy atom.